The van der Waals surface area contributed by atoms with Gasteiger partial charge < -0.3 is 15.1 Å². The molecule has 1 saturated heterocycles. The Hall–Kier alpha value is -0.960. The average Bonchev–Trinajstić information content (AvgIpc) is 2.88. The van der Waals surface area contributed by atoms with Crippen molar-refractivity contribution in [3.8, 4) is 0 Å². The Labute approximate surface area is 163 Å². The van der Waals surface area contributed by atoms with Crippen LogP contribution in [0, 0.1) is 12.7 Å². The number of nitrogens with zero attached hydrogens (tertiary/aromatic N) is 1. The molecule has 2 N–H and O–H groups in total. The van der Waals surface area contributed by atoms with E-state index in [1.54, 1.807) is 13.1 Å². The first-order valence-electron chi connectivity index (χ1n) is 7.90. The number of aliphatic imine (C=N–C) groups is 1. The second-order valence-corrected chi connectivity index (χ2v) is 6.92. The van der Waals surface area contributed by atoms with Gasteiger partial charge in [0.25, 0.3) is 0 Å². The molecule has 1 aliphatic rings. The summed E-state index contributed by atoms with van der Waals surface area (Å²) >= 11 is 1.98. The van der Waals surface area contributed by atoms with Crippen molar-refractivity contribution < 1.29 is 8.81 Å². The van der Waals surface area contributed by atoms with Crippen molar-refractivity contribution in [3.05, 3.63) is 35.3 Å². The fourth-order valence-corrected chi connectivity index (χ4v) is 3.89. The number of furan rings is 1. The quantitative estimate of drug-likeness (QED) is 0.410. The number of hydrogen-bond donors (Lipinski definition) is 2. The van der Waals surface area contributed by atoms with Crippen molar-refractivity contribution in [2.75, 3.05) is 18.6 Å². The minimum absolute atomic E-state index is 0. The van der Waals surface area contributed by atoms with Crippen molar-refractivity contribution in [2.45, 2.75) is 32.4 Å². The van der Waals surface area contributed by atoms with E-state index in [1.807, 2.05) is 18.7 Å². The minimum Gasteiger partial charge on any atom is -0.459 e. The molecule has 0 bridgehead atoms. The number of nitrogens with one attached hydrogen (secondary N) is 2. The molecular weight excluding hydrogens is 440 g/mol. The summed E-state index contributed by atoms with van der Waals surface area (Å²) in [5.74, 6) is 3.71. The van der Waals surface area contributed by atoms with Gasteiger partial charge in [-0.3, -0.25) is 4.99 Å². The first-order chi connectivity index (χ1) is 11.2. The molecule has 1 aromatic carbocycles. The van der Waals surface area contributed by atoms with Gasteiger partial charge in [0.15, 0.2) is 5.96 Å². The molecule has 2 heterocycles. The van der Waals surface area contributed by atoms with E-state index in [-0.39, 0.29) is 29.8 Å². The number of rotatable bonds is 3. The number of guanidine groups is 1. The Morgan fingerprint density at radius 3 is 3.00 bits per heavy atom. The number of benzene rings is 1. The highest BCUT2D eigenvalue weighted by atomic mass is 127. The van der Waals surface area contributed by atoms with E-state index in [0.29, 0.717) is 18.2 Å². The molecule has 0 saturated carbocycles. The highest BCUT2D eigenvalue weighted by Crippen LogP contribution is 2.25. The summed E-state index contributed by atoms with van der Waals surface area (Å²) in [6.45, 7) is 2.48. The third-order valence-electron chi connectivity index (χ3n) is 4.14. The van der Waals surface area contributed by atoms with E-state index in [2.05, 4.69) is 15.6 Å². The lowest BCUT2D eigenvalue weighted by molar-refractivity contribution is 0.528. The van der Waals surface area contributed by atoms with Crippen LogP contribution in [0.5, 0.6) is 0 Å². The molecule has 0 spiro atoms. The Kier molecular flexibility index (Phi) is 7.21. The van der Waals surface area contributed by atoms with Crippen LogP contribution in [0.15, 0.2) is 27.6 Å². The van der Waals surface area contributed by atoms with Crippen LogP contribution in [0.4, 0.5) is 4.39 Å². The first kappa shape index (κ1) is 19.4. The molecular formula is C17H23FIN3OS. The third-order valence-corrected chi connectivity index (χ3v) is 5.35. The maximum absolute atomic E-state index is 13.4. The van der Waals surface area contributed by atoms with Crippen molar-refractivity contribution in [1.82, 2.24) is 10.6 Å². The second kappa shape index (κ2) is 8.94. The standard InChI is InChI=1S/C17H22FN3OS.HI/c1-11-14-8-12(18)5-6-15(14)22-16(11)9-20-17(19-2)21-13-4-3-7-23-10-13;/h5-6,8,13H,3-4,7,9-10H2,1-2H3,(H2,19,20,21);1H. The zero-order valence-electron chi connectivity index (χ0n) is 13.9. The fraction of sp³-hybridized carbons (Fsp3) is 0.471. The van der Waals surface area contributed by atoms with Crippen LogP contribution in [0.3, 0.4) is 0 Å². The van der Waals surface area contributed by atoms with Crippen molar-refractivity contribution in [1.29, 1.82) is 0 Å². The predicted octanol–water partition coefficient (Wildman–Crippen LogP) is 4.06. The monoisotopic (exact) mass is 463 g/mol. The summed E-state index contributed by atoms with van der Waals surface area (Å²) in [6.07, 6.45) is 2.42. The molecule has 1 unspecified atom stereocenters. The van der Waals surface area contributed by atoms with Gasteiger partial charge >= 0.3 is 0 Å². The maximum atomic E-state index is 13.4. The van der Waals surface area contributed by atoms with E-state index in [1.165, 1.54) is 30.7 Å². The molecule has 24 heavy (non-hydrogen) atoms. The average molecular weight is 463 g/mol. The van der Waals surface area contributed by atoms with Gasteiger partial charge in [0, 0.05) is 29.8 Å². The summed E-state index contributed by atoms with van der Waals surface area (Å²) in [4.78, 5) is 4.28. The van der Waals surface area contributed by atoms with Gasteiger partial charge in [-0.2, -0.15) is 11.8 Å². The van der Waals surface area contributed by atoms with Crippen LogP contribution in [0.2, 0.25) is 0 Å². The zero-order chi connectivity index (χ0) is 16.2. The molecule has 0 amide bonds. The van der Waals surface area contributed by atoms with Crippen molar-refractivity contribution >= 4 is 52.7 Å². The SMILES string of the molecule is CN=C(NCc1oc2ccc(F)cc2c1C)NC1CCCSC1.I. The molecule has 132 valence electrons. The summed E-state index contributed by atoms with van der Waals surface area (Å²) in [7, 11) is 1.77. The summed E-state index contributed by atoms with van der Waals surface area (Å²) in [5.41, 5.74) is 1.68. The molecule has 7 heteroatoms. The van der Waals surface area contributed by atoms with E-state index >= 15 is 0 Å². The Morgan fingerprint density at radius 2 is 2.29 bits per heavy atom. The zero-order valence-corrected chi connectivity index (χ0v) is 17.0. The number of thioether (sulfide) groups is 1. The minimum atomic E-state index is -0.242. The Morgan fingerprint density at radius 1 is 1.46 bits per heavy atom. The topological polar surface area (TPSA) is 49.6 Å². The smallest absolute Gasteiger partial charge is 0.191 e. The van der Waals surface area contributed by atoms with E-state index in [4.69, 9.17) is 4.42 Å². The lowest BCUT2D eigenvalue weighted by Gasteiger charge is -2.24. The highest BCUT2D eigenvalue weighted by molar-refractivity contribution is 14.0. The number of hydrogen-bond acceptors (Lipinski definition) is 3. The normalized spacial score (nSPS) is 18.3. The lowest BCUT2D eigenvalue weighted by Crippen LogP contribution is -2.45. The Balaban J connectivity index is 0.00000208. The summed E-state index contributed by atoms with van der Waals surface area (Å²) in [5, 5.41) is 7.57. The lowest BCUT2D eigenvalue weighted by atomic mass is 10.1. The molecule has 1 aliphatic heterocycles. The largest absolute Gasteiger partial charge is 0.459 e. The van der Waals surface area contributed by atoms with Crippen LogP contribution >= 0.6 is 35.7 Å². The maximum Gasteiger partial charge on any atom is 0.191 e. The van der Waals surface area contributed by atoms with Gasteiger partial charge in [-0.05, 0) is 43.7 Å². The second-order valence-electron chi connectivity index (χ2n) is 5.77. The van der Waals surface area contributed by atoms with Crippen LogP contribution in [-0.2, 0) is 6.54 Å². The molecule has 1 atom stereocenters. The molecule has 1 aromatic heterocycles. The molecule has 2 aromatic rings. The molecule has 0 aliphatic carbocycles. The van der Waals surface area contributed by atoms with Crippen molar-refractivity contribution in [3.63, 3.8) is 0 Å². The third kappa shape index (κ3) is 4.56. The molecule has 0 radical (unpaired) electrons. The van der Waals surface area contributed by atoms with Gasteiger partial charge in [0.05, 0.1) is 6.54 Å². The van der Waals surface area contributed by atoms with Gasteiger partial charge in [0.2, 0.25) is 0 Å². The van der Waals surface area contributed by atoms with Crippen LogP contribution in [-0.4, -0.2) is 30.6 Å². The molecule has 4 nitrogen and oxygen atoms in total. The van der Waals surface area contributed by atoms with Gasteiger partial charge in [-0.1, -0.05) is 0 Å². The Bertz CT molecular complexity index is 713. The van der Waals surface area contributed by atoms with Gasteiger partial charge in [-0.25, -0.2) is 4.39 Å². The number of halogens is 2. The van der Waals surface area contributed by atoms with Crippen LogP contribution in [0.25, 0.3) is 11.0 Å². The highest BCUT2D eigenvalue weighted by Gasteiger charge is 2.16. The first-order valence-corrected chi connectivity index (χ1v) is 9.05. The predicted molar refractivity (Wildman–Crippen MR) is 110 cm³/mol. The van der Waals surface area contributed by atoms with E-state index < -0.39 is 0 Å². The van der Waals surface area contributed by atoms with Crippen molar-refractivity contribution in [2.24, 2.45) is 4.99 Å². The van der Waals surface area contributed by atoms with Gasteiger partial charge in [0.1, 0.15) is 17.2 Å². The van der Waals surface area contributed by atoms with Gasteiger partial charge in [-0.15, -0.1) is 24.0 Å². The molecule has 1 fully saturated rings. The summed E-state index contributed by atoms with van der Waals surface area (Å²) < 4.78 is 19.2. The molecule has 3 rings (SSSR count). The van der Waals surface area contributed by atoms with E-state index in [9.17, 15) is 4.39 Å². The number of aryl methyl sites for hydroxylation is 1. The fourth-order valence-electron chi connectivity index (χ4n) is 2.82. The van der Waals surface area contributed by atoms with Crippen LogP contribution in [0.1, 0.15) is 24.2 Å². The van der Waals surface area contributed by atoms with E-state index in [0.717, 1.165) is 28.4 Å². The number of fused-ring (bicyclic) bond motifs is 1. The summed E-state index contributed by atoms with van der Waals surface area (Å²) in [6, 6.07) is 5.08. The van der Waals surface area contributed by atoms with Crippen LogP contribution < -0.4 is 10.6 Å².